The van der Waals surface area contributed by atoms with Crippen molar-refractivity contribution in [1.82, 2.24) is 14.5 Å². The third kappa shape index (κ3) is 4.33. The molecule has 0 spiro atoms. The molecule has 5 N–H and O–H groups in total. The number of anilines is 1. The summed E-state index contributed by atoms with van der Waals surface area (Å²) in [5, 5.41) is 21.7. The zero-order valence-electron chi connectivity index (χ0n) is 17.0. The average molecular weight is 428 g/mol. The first kappa shape index (κ1) is 22.1. The van der Waals surface area contributed by atoms with E-state index in [9.17, 15) is 19.7 Å². The van der Waals surface area contributed by atoms with Crippen LogP contribution in [0.15, 0.2) is 18.6 Å². The maximum Gasteiger partial charge on any atom is 0.331 e. The second-order valence-electron chi connectivity index (χ2n) is 8.14. The van der Waals surface area contributed by atoms with E-state index in [-0.39, 0.29) is 6.42 Å². The van der Waals surface area contributed by atoms with Gasteiger partial charge in [0.25, 0.3) is 0 Å². The normalized spacial score (nSPS) is 28.5. The van der Waals surface area contributed by atoms with Crippen molar-refractivity contribution in [1.29, 1.82) is 0 Å². The average Bonchev–Trinajstić information content (AvgIpc) is 3.17. The highest BCUT2D eigenvalue weighted by molar-refractivity contribution is 7.53. The summed E-state index contributed by atoms with van der Waals surface area (Å²) in [4.78, 5) is 18.3. The summed E-state index contributed by atoms with van der Waals surface area (Å²) in [6, 6.07) is 1.71. The molecule has 0 saturated carbocycles. The van der Waals surface area contributed by atoms with Gasteiger partial charge in [-0.2, -0.15) is 0 Å². The topological polar surface area (TPSA) is 153 Å². The maximum atomic E-state index is 12.5. The summed E-state index contributed by atoms with van der Waals surface area (Å²) in [5.74, 6) is 0.302. The second kappa shape index (κ2) is 7.94. The zero-order chi connectivity index (χ0) is 21.6. The van der Waals surface area contributed by atoms with Crippen molar-refractivity contribution in [2.75, 3.05) is 5.73 Å². The molecule has 1 aliphatic heterocycles. The monoisotopic (exact) mass is 428 g/mol. The van der Waals surface area contributed by atoms with Crippen LogP contribution in [0.3, 0.4) is 0 Å². The van der Waals surface area contributed by atoms with E-state index in [0.29, 0.717) is 23.3 Å². The van der Waals surface area contributed by atoms with Gasteiger partial charge in [-0.05, 0) is 26.3 Å². The Hall–Kier alpha value is -1.55. The lowest BCUT2D eigenvalue weighted by Crippen LogP contribution is -2.37. The first-order chi connectivity index (χ1) is 13.5. The Labute approximate surface area is 169 Å². The fourth-order valence-corrected chi connectivity index (χ4v) is 4.94. The fraction of sp³-hybridized carbons (Fsp3) is 0.667. The minimum absolute atomic E-state index is 0.110. The molecule has 29 heavy (non-hydrogen) atoms. The van der Waals surface area contributed by atoms with Crippen molar-refractivity contribution in [2.24, 2.45) is 0 Å². The molecule has 0 radical (unpaired) electrons. The molecule has 3 rings (SSSR count). The Balaban J connectivity index is 1.79. The Kier molecular flexibility index (Phi) is 6.06. The van der Waals surface area contributed by atoms with Crippen molar-refractivity contribution in [2.45, 2.75) is 76.3 Å². The van der Waals surface area contributed by atoms with E-state index in [1.54, 1.807) is 37.6 Å². The number of aliphatic hydroxyl groups excluding tert-OH is 2. The molecule has 2 aromatic rings. The number of rotatable bonds is 7. The highest BCUT2D eigenvalue weighted by Gasteiger charge is 2.47. The van der Waals surface area contributed by atoms with Gasteiger partial charge in [-0.1, -0.05) is 13.8 Å². The van der Waals surface area contributed by atoms with Crippen LogP contribution in [0.2, 0.25) is 0 Å². The van der Waals surface area contributed by atoms with E-state index in [1.165, 1.54) is 6.33 Å². The van der Waals surface area contributed by atoms with E-state index in [2.05, 4.69) is 9.97 Å². The lowest BCUT2D eigenvalue weighted by Gasteiger charge is -2.32. The minimum Gasteiger partial charge on any atom is -0.388 e. The number of hydrogen-bond acceptors (Lipinski definition) is 8. The molecule has 0 aromatic carbocycles. The molecule has 1 fully saturated rings. The Morgan fingerprint density at radius 3 is 2.72 bits per heavy atom. The van der Waals surface area contributed by atoms with Gasteiger partial charge in [0.1, 0.15) is 30.0 Å². The third-order valence-corrected chi connectivity index (χ3v) is 7.60. The van der Waals surface area contributed by atoms with Crippen LogP contribution in [-0.4, -0.2) is 59.2 Å². The second-order valence-corrected chi connectivity index (χ2v) is 10.3. The van der Waals surface area contributed by atoms with Crippen LogP contribution >= 0.6 is 7.60 Å². The van der Waals surface area contributed by atoms with Gasteiger partial charge < -0.3 is 34.7 Å². The molecule has 11 heteroatoms. The van der Waals surface area contributed by atoms with Crippen LogP contribution in [0, 0.1) is 0 Å². The van der Waals surface area contributed by atoms with Crippen LogP contribution in [0.4, 0.5) is 5.82 Å². The molecule has 0 aliphatic carbocycles. The number of nitrogen functional groups attached to an aromatic ring is 1. The molecule has 6 unspecified atom stereocenters. The molecule has 6 atom stereocenters. The number of fused-ring (bicyclic) bond motifs is 1. The first-order valence-electron chi connectivity index (χ1n) is 9.58. The van der Waals surface area contributed by atoms with Gasteiger partial charge in [0.15, 0.2) is 6.23 Å². The highest BCUT2D eigenvalue weighted by atomic mass is 31.2. The summed E-state index contributed by atoms with van der Waals surface area (Å²) in [6.45, 7) is 6.79. The number of aromatic nitrogens is 3. The number of aliphatic hydroxyl groups is 2. The van der Waals surface area contributed by atoms with Gasteiger partial charge in [0, 0.05) is 12.6 Å². The van der Waals surface area contributed by atoms with Gasteiger partial charge in [0.2, 0.25) is 0 Å². The fourth-order valence-electron chi connectivity index (χ4n) is 3.52. The van der Waals surface area contributed by atoms with Crippen LogP contribution in [-0.2, 0) is 13.8 Å². The quantitative estimate of drug-likeness (QED) is 0.483. The number of nitrogens with two attached hydrogens (primary N) is 1. The van der Waals surface area contributed by atoms with E-state index in [1.807, 2.05) is 6.92 Å². The summed E-state index contributed by atoms with van der Waals surface area (Å²) in [6.07, 6.45) is -0.553. The number of hydrogen-bond donors (Lipinski definition) is 4. The number of nitrogens with zero attached hydrogens (tertiary/aromatic N) is 3. The molecule has 1 aliphatic rings. The Morgan fingerprint density at radius 1 is 1.38 bits per heavy atom. The molecule has 1 saturated heterocycles. The van der Waals surface area contributed by atoms with Crippen molar-refractivity contribution >= 4 is 24.4 Å². The predicted octanol–water partition coefficient (Wildman–Crippen LogP) is 1.80. The molecule has 2 aromatic heterocycles. The third-order valence-electron chi connectivity index (χ3n) is 5.37. The predicted molar refractivity (Wildman–Crippen MR) is 107 cm³/mol. The molecule has 0 amide bonds. The molecule has 0 bridgehead atoms. The van der Waals surface area contributed by atoms with E-state index < -0.39 is 43.4 Å². The van der Waals surface area contributed by atoms with Gasteiger partial charge in [0.05, 0.1) is 22.8 Å². The van der Waals surface area contributed by atoms with Gasteiger partial charge in [-0.25, -0.2) is 9.97 Å². The van der Waals surface area contributed by atoms with Crippen molar-refractivity contribution in [3.63, 3.8) is 0 Å². The van der Waals surface area contributed by atoms with Crippen molar-refractivity contribution in [3.05, 3.63) is 18.6 Å². The van der Waals surface area contributed by atoms with Gasteiger partial charge in [-0.3, -0.25) is 4.57 Å². The SMILES string of the molecule is CCC(C)P(=O)(O)OC(C)(C)CC1OC(n2ccc3c(N)ncnc32)C(O)C1O. The van der Waals surface area contributed by atoms with Crippen LogP contribution in [0.25, 0.3) is 11.0 Å². The number of ether oxygens (including phenoxy) is 1. The van der Waals surface area contributed by atoms with Crippen LogP contribution in [0.5, 0.6) is 0 Å². The Morgan fingerprint density at radius 2 is 2.07 bits per heavy atom. The van der Waals surface area contributed by atoms with Gasteiger partial charge in [-0.15, -0.1) is 0 Å². The first-order valence-corrected chi connectivity index (χ1v) is 11.2. The van der Waals surface area contributed by atoms with E-state index >= 15 is 0 Å². The smallest absolute Gasteiger partial charge is 0.331 e. The summed E-state index contributed by atoms with van der Waals surface area (Å²) in [5.41, 5.74) is 4.76. The minimum atomic E-state index is -3.83. The molecular weight excluding hydrogens is 399 g/mol. The lowest BCUT2D eigenvalue weighted by atomic mass is 9.97. The summed E-state index contributed by atoms with van der Waals surface area (Å²) < 4.78 is 25.5. The largest absolute Gasteiger partial charge is 0.388 e. The van der Waals surface area contributed by atoms with E-state index in [0.717, 1.165) is 0 Å². The van der Waals surface area contributed by atoms with Gasteiger partial charge >= 0.3 is 7.60 Å². The summed E-state index contributed by atoms with van der Waals surface area (Å²) >= 11 is 0. The zero-order valence-corrected chi connectivity index (χ0v) is 17.9. The standard InChI is InChI=1S/C18H29N4O6P/c1-5-10(2)29(25,26)28-18(3,4)8-12-13(23)14(24)17(27-12)22-7-6-11-15(19)20-9-21-16(11)22/h6-7,9-10,12-14,17,23-24H,5,8H2,1-4H3,(H,25,26)(H2,19,20,21). The molecule has 3 heterocycles. The van der Waals surface area contributed by atoms with Crippen LogP contribution in [0.1, 0.15) is 46.8 Å². The van der Waals surface area contributed by atoms with E-state index in [4.69, 9.17) is 15.0 Å². The van der Waals surface area contributed by atoms with Crippen molar-refractivity contribution < 1.29 is 28.9 Å². The van der Waals surface area contributed by atoms with Crippen molar-refractivity contribution in [3.8, 4) is 0 Å². The molecule has 162 valence electrons. The highest BCUT2D eigenvalue weighted by Crippen LogP contribution is 2.53. The molecular formula is C18H29N4O6P. The Bertz CT molecular complexity index is 919. The maximum absolute atomic E-state index is 12.5. The van der Waals surface area contributed by atoms with Crippen LogP contribution < -0.4 is 5.73 Å². The summed E-state index contributed by atoms with van der Waals surface area (Å²) in [7, 11) is -3.83. The molecule has 10 nitrogen and oxygen atoms in total. The lowest BCUT2D eigenvalue weighted by molar-refractivity contribution is -0.0603.